The first kappa shape index (κ1) is 14.1. The van der Waals surface area contributed by atoms with E-state index in [1.54, 1.807) is 0 Å². The second-order valence-electron chi connectivity index (χ2n) is 4.22. The second kappa shape index (κ2) is 7.31. The minimum Gasteiger partial charge on any atom is -0.491 e. The molecule has 0 aliphatic carbocycles. The number of amides is 1. The number of para-hydroxylation sites is 1. The Labute approximate surface area is 118 Å². The van der Waals surface area contributed by atoms with Crippen LogP contribution in [0.5, 0.6) is 5.75 Å². The monoisotopic (exact) mass is 271 g/mol. The summed E-state index contributed by atoms with van der Waals surface area (Å²) in [5.41, 5.74) is 2.10. The normalized spacial score (nSPS) is 10.1. The Kier molecular flexibility index (Phi) is 5.15. The van der Waals surface area contributed by atoms with Gasteiger partial charge in [-0.25, -0.2) is 0 Å². The van der Waals surface area contributed by atoms with Gasteiger partial charge in [-0.1, -0.05) is 48.5 Å². The highest BCUT2D eigenvalue weighted by Gasteiger charge is 2.05. The summed E-state index contributed by atoms with van der Waals surface area (Å²) in [6.07, 6.45) is 0. The molecule has 4 nitrogen and oxygen atoms in total. The van der Waals surface area contributed by atoms with Gasteiger partial charge in [0.05, 0.1) is 6.54 Å². The first-order chi connectivity index (χ1) is 9.81. The Morgan fingerprint density at radius 2 is 1.75 bits per heavy atom. The molecule has 0 atom stereocenters. The Bertz CT molecular complexity index is 555. The van der Waals surface area contributed by atoms with E-state index in [1.807, 2.05) is 54.6 Å². The van der Waals surface area contributed by atoms with E-state index in [1.165, 1.54) is 0 Å². The van der Waals surface area contributed by atoms with Crippen LogP contribution in [0.15, 0.2) is 54.6 Å². The third-order valence-electron chi connectivity index (χ3n) is 2.80. The van der Waals surface area contributed by atoms with E-state index in [9.17, 15) is 4.79 Å². The third kappa shape index (κ3) is 3.83. The van der Waals surface area contributed by atoms with Gasteiger partial charge in [-0.2, -0.15) is 0 Å². The summed E-state index contributed by atoms with van der Waals surface area (Å²) in [6.45, 7) is 0.221. The van der Waals surface area contributed by atoms with Gasteiger partial charge in [-0.15, -0.1) is 0 Å². The average Bonchev–Trinajstić information content (AvgIpc) is 2.52. The predicted octanol–water partition coefficient (Wildman–Crippen LogP) is 1.84. The summed E-state index contributed by atoms with van der Waals surface area (Å²) in [5.74, 6) is 0.377. The van der Waals surface area contributed by atoms with Gasteiger partial charge in [0.15, 0.2) is 0 Å². The molecule has 0 bridgehead atoms. The van der Waals surface area contributed by atoms with Crippen LogP contribution in [0.4, 0.5) is 0 Å². The van der Waals surface area contributed by atoms with Crippen molar-refractivity contribution >= 4 is 5.91 Å². The van der Waals surface area contributed by atoms with Crippen molar-refractivity contribution in [3.8, 4) is 16.9 Å². The highest BCUT2D eigenvalue weighted by atomic mass is 16.5. The van der Waals surface area contributed by atoms with Gasteiger partial charge in [0.2, 0.25) is 5.91 Å². The largest absolute Gasteiger partial charge is 0.491 e. The maximum atomic E-state index is 10.9. The SMILES string of the molecule is O=C(CO)NCCOc1ccccc1-c1ccccc1. The highest BCUT2D eigenvalue weighted by molar-refractivity contribution is 5.76. The first-order valence-corrected chi connectivity index (χ1v) is 6.46. The number of nitrogens with one attached hydrogen (secondary N) is 1. The van der Waals surface area contributed by atoms with Crippen LogP contribution in [0.2, 0.25) is 0 Å². The van der Waals surface area contributed by atoms with Crippen LogP contribution in [0.3, 0.4) is 0 Å². The molecule has 0 saturated heterocycles. The Balaban J connectivity index is 2.00. The van der Waals surface area contributed by atoms with Crippen molar-refractivity contribution in [2.24, 2.45) is 0 Å². The molecule has 2 aromatic carbocycles. The number of carbonyl (C=O) groups excluding carboxylic acids is 1. The number of hydrogen-bond acceptors (Lipinski definition) is 3. The zero-order valence-corrected chi connectivity index (χ0v) is 11.1. The molecule has 0 saturated carbocycles. The lowest BCUT2D eigenvalue weighted by Crippen LogP contribution is -2.30. The maximum Gasteiger partial charge on any atom is 0.245 e. The first-order valence-electron chi connectivity index (χ1n) is 6.46. The number of carbonyl (C=O) groups is 1. The topological polar surface area (TPSA) is 58.6 Å². The van der Waals surface area contributed by atoms with Crippen molar-refractivity contribution in [3.63, 3.8) is 0 Å². The van der Waals surface area contributed by atoms with Crippen LogP contribution >= 0.6 is 0 Å². The molecule has 0 radical (unpaired) electrons. The number of ether oxygens (including phenoxy) is 1. The quantitative estimate of drug-likeness (QED) is 0.788. The van der Waals surface area contributed by atoms with Gasteiger partial charge in [0, 0.05) is 5.56 Å². The summed E-state index contributed by atoms with van der Waals surface area (Å²) in [7, 11) is 0. The predicted molar refractivity (Wildman–Crippen MR) is 77.5 cm³/mol. The Morgan fingerprint density at radius 1 is 1.05 bits per heavy atom. The van der Waals surface area contributed by atoms with E-state index in [2.05, 4.69) is 5.32 Å². The Morgan fingerprint density at radius 3 is 2.50 bits per heavy atom. The van der Waals surface area contributed by atoms with E-state index < -0.39 is 12.5 Å². The van der Waals surface area contributed by atoms with Crippen molar-refractivity contribution in [3.05, 3.63) is 54.6 Å². The van der Waals surface area contributed by atoms with E-state index >= 15 is 0 Å². The van der Waals surface area contributed by atoms with Gasteiger partial charge in [0.1, 0.15) is 19.0 Å². The molecule has 0 aliphatic heterocycles. The lowest BCUT2D eigenvalue weighted by atomic mass is 10.1. The fourth-order valence-corrected chi connectivity index (χ4v) is 1.86. The van der Waals surface area contributed by atoms with E-state index in [0.29, 0.717) is 13.2 Å². The molecule has 0 fully saturated rings. The smallest absolute Gasteiger partial charge is 0.245 e. The van der Waals surface area contributed by atoms with Crippen molar-refractivity contribution in [1.29, 1.82) is 0 Å². The zero-order valence-electron chi connectivity index (χ0n) is 11.1. The fourth-order valence-electron chi connectivity index (χ4n) is 1.86. The second-order valence-corrected chi connectivity index (χ2v) is 4.22. The molecule has 2 aromatic rings. The molecule has 4 heteroatoms. The molecule has 0 unspecified atom stereocenters. The molecule has 0 heterocycles. The van der Waals surface area contributed by atoms with Crippen molar-refractivity contribution in [2.45, 2.75) is 0 Å². The van der Waals surface area contributed by atoms with Crippen molar-refractivity contribution in [2.75, 3.05) is 19.8 Å². The van der Waals surface area contributed by atoms with Gasteiger partial charge in [-0.3, -0.25) is 4.79 Å². The van der Waals surface area contributed by atoms with Crippen LogP contribution in [0, 0.1) is 0 Å². The van der Waals surface area contributed by atoms with Crippen LogP contribution in [-0.2, 0) is 4.79 Å². The Hall–Kier alpha value is -2.33. The lowest BCUT2D eigenvalue weighted by Gasteiger charge is -2.11. The number of benzene rings is 2. The number of aliphatic hydroxyl groups excluding tert-OH is 1. The van der Waals surface area contributed by atoms with E-state index in [4.69, 9.17) is 9.84 Å². The molecular weight excluding hydrogens is 254 g/mol. The summed E-state index contributed by atoms with van der Waals surface area (Å²) in [4.78, 5) is 10.9. The van der Waals surface area contributed by atoms with Gasteiger partial charge in [0.25, 0.3) is 0 Å². The van der Waals surface area contributed by atoms with Gasteiger partial charge < -0.3 is 15.2 Å². The molecular formula is C16H17NO3. The molecule has 0 aromatic heterocycles. The summed E-state index contributed by atoms with van der Waals surface area (Å²) < 4.78 is 5.69. The van der Waals surface area contributed by atoms with E-state index in [0.717, 1.165) is 16.9 Å². The summed E-state index contributed by atoms with van der Waals surface area (Å²) in [5, 5.41) is 11.1. The molecule has 2 N–H and O–H groups in total. The summed E-state index contributed by atoms with van der Waals surface area (Å²) in [6, 6.07) is 17.7. The molecule has 1 amide bonds. The fraction of sp³-hybridized carbons (Fsp3) is 0.188. The van der Waals surface area contributed by atoms with Crippen molar-refractivity contribution < 1.29 is 14.6 Å². The highest BCUT2D eigenvalue weighted by Crippen LogP contribution is 2.29. The molecule has 20 heavy (non-hydrogen) atoms. The van der Waals surface area contributed by atoms with Gasteiger partial charge in [-0.05, 0) is 11.6 Å². The van der Waals surface area contributed by atoms with E-state index in [-0.39, 0.29) is 0 Å². The van der Waals surface area contributed by atoms with Crippen LogP contribution in [0.25, 0.3) is 11.1 Å². The van der Waals surface area contributed by atoms with Crippen LogP contribution in [0.1, 0.15) is 0 Å². The number of rotatable bonds is 6. The standard InChI is InChI=1S/C16H17NO3/c18-12-16(19)17-10-11-20-15-9-5-4-8-14(15)13-6-2-1-3-7-13/h1-9,18H,10-12H2,(H,17,19). The third-order valence-corrected chi connectivity index (χ3v) is 2.80. The van der Waals surface area contributed by atoms with Crippen molar-refractivity contribution in [1.82, 2.24) is 5.32 Å². The molecule has 0 aliphatic rings. The van der Waals surface area contributed by atoms with Gasteiger partial charge >= 0.3 is 0 Å². The summed E-state index contributed by atoms with van der Waals surface area (Å²) >= 11 is 0. The molecule has 0 spiro atoms. The van der Waals surface area contributed by atoms with Crippen LogP contribution in [-0.4, -0.2) is 30.8 Å². The number of aliphatic hydroxyl groups is 1. The minimum atomic E-state index is -0.499. The maximum absolute atomic E-state index is 10.9. The number of hydrogen-bond donors (Lipinski definition) is 2. The lowest BCUT2D eigenvalue weighted by molar-refractivity contribution is -0.123. The molecule has 104 valence electrons. The van der Waals surface area contributed by atoms with Crippen LogP contribution < -0.4 is 10.1 Å². The minimum absolute atomic E-state index is 0.357. The molecule has 2 rings (SSSR count). The average molecular weight is 271 g/mol. The zero-order chi connectivity index (χ0) is 14.2.